The van der Waals surface area contributed by atoms with Gasteiger partial charge in [0.25, 0.3) is 0 Å². The summed E-state index contributed by atoms with van der Waals surface area (Å²) in [7, 11) is 1.66. The third-order valence-corrected chi connectivity index (χ3v) is 10.7. The smallest absolute Gasteiger partial charge is 0.178 e. The third-order valence-electron chi connectivity index (χ3n) is 10.7. The Morgan fingerprint density at radius 2 is 1.40 bits per heavy atom. The van der Waals surface area contributed by atoms with Gasteiger partial charge in [0.15, 0.2) is 5.60 Å². The minimum atomic E-state index is -0.966. The number of rotatable bonds is 10. The molecule has 2 aliphatic rings. The zero-order valence-electron chi connectivity index (χ0n) is 27.8. The van der Waals surface area contributed by atoms with Crippen molar-refractivity contribution in [2.45, 2.75) is 76.7 Å². The number of hydrogen-bond acceptors (Lipinski definition) is 2. The summed E-state index contributed by atoms with van der Waals surface area (Å²) in [6.45, 7) is 6.58. The molecule has 0 bridgehead atoms. The van der Waals surface area contributed by atoms with E-state index in [1.165, 1.54) is 43.4 Å². The second kappa shape index (κ2) is 12.3. The molecule has 5 aromatic rings. The lowest BCUT2D eigenvalue weighted by Gasteiger charge is -2.39. The predicted octanol–water partition coefficient (Wildman–Crippen LogP) is 11.7. The van der Waals surface area contributed by atoms with E-state index in [9.17, 15) is 4.39 Å². The van der Waals surface area contributed by atoms with E-state index < -0.39 is 11.0 Å². The van der Waals surface area contributed by atoms with Gasteiger partial charge in [-0.3, -0.25) is 0 Å². The van der Waals surface area contributed by atoms with Gasteiger partial charge in [0, 0.05) is 27.5 Å². The summed E-state index contributed by atoms with van der Waals surface area (Å²) >= 11 is 0. The van der Waals surface area contributed by atoms with Crippen LogP contribution in [0.5, 0.6) is 11.5 Å². The first-order chi connectivity index (χ1) is 22.9. The van der Waals surface area contributed by atoms with E-state index in [-0.39, 0.29) is 11.6 Å². The summed E-state index contributed by atoms with van der Waals surface area (Å²) in [6.07, 6.45) is 11.8. The van der Waals surface area contributed by atoms with Crippen molar-refractivity contribution < 1.29 is 18.3 Å². The van der Waals surface area contributed by atoms with Crippen LogP contribution in [-0.2, 0) is 17.4 Å². The highest BCUT2D eigenvalue weighted by Gasteiger charge is 2.47. The third kappa shape index (κ3) is 4.96. The first-order valence-electron chi connectivity index (χ1n) is 17.1. The van der Waals surface area contributed by atoms with Crippen LogP contribution in [-0.4, -0.2) is 7.11 Å². The second-order valence-corrected chi connectivity index (χ2v) is 13.1. The highest BCUT2D eigenvalue weighted by molar-refractivity contribution is 6.08. The second-order valence-electron chi connectivity index (χ2n) is 13.1. The average molecular weight is 629 g/mol. The quantitative estimate of drug-likeness (QED) is 0.143. The molecular formula is C43H42F2O2. The van der Waals surface area contributed by atoms with Crippen molar-refractivity contribution in [3.8, 4) is 22.6 Å². The molecule has 0 N–H and O–H groups in total. The summed E-state index contributed by atoms with van der Waals surface area (Å²) in [4.78, 5) is 0. The Kier molecular flexibility index (Phi) is 8.16. The summed E-state index contributed by atoms with van der Waals surface area (Å²) in [6, 6.07) is 26.9. The van der Waals surface area contributed by atoms with Crippen LogP contribution >= 0.6 is 0 Å². The molecule has 0 aromatic heterocycles. The Labute approximate surface area is 277 Å². The van der Waals surface area contributed by atoms with Gasteiger partial charge in [-0.15, -0.1) is 0 Å². The molecular weight excluding hydrogens is 586 g/mol. The van der Waals surface area contributed by atoms with Crippen LogP contribution in [0.3, 0.4) is 0 Å². The van der Waals surface area contributed by atoms with Crippen molar-refractivity contribution in [3.63, 3.8) is 0 Å². The SMILES string of the molecule is CCCCCCc1ccc(C2(c3ccc(OC)cc3)C=Cc3c4c(c5ccc(F)cc5c3O2)-c2ccc(F)cc2C4(CC)CC)cc1. The minimum Gasteiger partial charge on any atom is -0.497 e. The van der Waals surface area contributed by atoms with Crippen molar-refractivity contribution in [1.82, 2.24) is 0 Å². The zero-order chi connectivity index (χ0) is 32.8. The van der Waals surface area contributed by atoms with Crippen LogP contribution < -0.4 is 9.47 Å². The first-order valence-corrected chi connectivity index (χ1v) is 17.1. The van der Waals surface area contributed by atoms with Crippen molar-refractivity contribution in [3.05, 3.63) is 136 Å². The number of fused-ring (bicyclic) bond motifs is 8. The molecule has 1 aliphatic carbocycles. The van der Waals surface area contributed by atoms with Gasteiger partial charge < -0.3 is 9.47 Å². The van der Waals surface area contributed by atoms with Gasteiger partial charge in [0.05, 0.1) is 7.11 Å². The van der Waals surface area contributed by atoms with Gasteiger partial charge >= 0.3 is 0 Å². The maximum atomic E-state index is 15.2. The molecule has 4 heteroatoms. The lowest BCUT2D eigenvalue weighted by molar-refractivity contribution is 0.163. The van der Waals surface area contributed by atoms with Crippen molar-refractivity contribution in [2.75, 3.05) is 7.11 Å². The van der Waals surface area contributed by atoms with Gasteiger partial charge in [0.2, 0.25) is 0 Å². The molecule has 0 saturated heterocycles. The molecule has 240 valence electrons. The number of aryl methyl sites for hydroxylation is 1. The lowest BCUT2D eigenvalue weighted by atomic mass is 9.71. The van der Waals surface area contributed by atoms with Crippen LogP contribution in [0.4, 0.5) is 8.78 Å². The Bertz CT molecular complexity index is 1970. The van der Waals surface area contributed by atoms with Gasteiger partial charge in [-0.25, -0.2) is 8.78 Å². The van der Waals surface area contributed by atoms with E-state index in [4.69, 9.17) is 9.47 Å². The fourth-order valence-electron chi connectivity index (χ4n) is 8.13. The molecule has 0 amide bonds. The summed E-state index contributed by atoms with van der Waals surface area (Å²) in [5, 5.41) is 1.63. The molecule has 0 radical (unpaired) electrons. The molecule has 5 aromatic carbocycles. The summed E-state index contributed by atoms with van der Waals surface area (Å²) < 4.78 is 42.9. The van der Waals surface area contributed by atoms with Crippen molar-refractivity contribution in [2.24, 2.45) is 0 Å². The van der Waals surface area contributed by atoms with Gasteiger partial charge in [-0.05, 0) is 101 Å². The molecule has 2 nitrogen and oxygen atoms in total. The lowest BCUT2D eigenvalue weighted by Crippen LogP contribution is -2.35. The molecule has 1 aliphatic heterocycles. The van der Waals surface area contributed by atoms with Crippen LogP contribution in [0, 0.1) is 11.6 Å². The zero-order valence-corrected chi connectivity index (χ0v) is 27.8. The Morgan fingerprint density at radius 3 is 2.09 bits per heavy atom. The van der Waals surface area contributed by atoms with Crippen LogP contribution in [0.25, 0.3) is 28.0 Å². The molecule has 0 fully saturated rings. The monoisotopic (exact) mass is 628 g/mol. The summed E-state index contributed by atoms with van der Waals surface area (Å²) in [5.74, 6) is 0.846. The minimum absolute atomic E-state index is 0.244. The van der Waals surface area contributed by atoms with Gasteiger partial charge in [-0.1, -0.05) is 94.6 Å². The van der Waals surface area contributed by atoms with Gasteiger partial charge in [0.1, 0.15) is 23.1 Å². The average Bonchev–Trinajstić information content (AvgIpc) is 3.40. The number of ether oxygens (including phenoxy) is 2. The number of unbranched alkanes of at least 4 members (excludes halogenated alkanes) is 3. The van der Waals surface area contributed by atoms with E-state index in [1.54, 1.807) is 19.2 Å². The fourth-order valence-corrected chi connectivity index (χ4v) is 8.13. The maximum absolute atomic E-state index is 15.2. The normalized spacial score (nSPS) is 17.2. The number of benzene rings is 5. The number of hydrogen-bond donors (Lipinski definition) is 0. The van der Waals surface area contributed by atoms with E-state index in [1.807, 2.05) is 36.4 Å². The molecule has 7 rings (SSSR count). The summed E-state index contributed by atoms with van der Waals surface area (Å²) in [5.41, 5.74) is 7.01. The first kappa shape index (κ1) is 31.2. The molecule has 1 atom stereocenters. The van der Waals surface area contributed by atoms with Crippen LogP contribution in [0.1, 0.15) is 92.7 Å². The van der Waals surface area contributed by atoms with E-state index >= 15 is 4.39 Å². The standard InChI is InChI=1S/C43H42F2O2/c1-5-8-9-10-11-28-12-14-29(15-13-28)43(30-16-20-33(46-4)21-17-30)25-24-36-40-39(34-22-18-31(44)26-37(34)41(36)47-43)35-23-19-32(45)27-38(35)42(40,6-2)7-3/h12-27H,5-11H2,1-4H3. The van der Waals surface area contributed by atoms with E-state index in [2.05, 4.69) is 57.2 Å². The predicted molar refractivity (Wildman–Crippen MR) is 188 cm³/mol. The van der Waals surface area contributed by atoms with Crippen molar-refractivity contribution in [1.29, 1.82) is 0 Å². The van der Waals surface area contributed by atoms with E-state index in [0.29, 0.717) is 11.1 Å². The molecule has 1 heterocycles. The Morgan fingerprint density at radius 1 is 0.723 bits per heavy atom. The Balaban J connectivity index is 1.46. The van der Waals surface area contributed by atoms with Crippen molar-refractivity contribution >= 4 is 16.8 Å². The number of halogens is 2. The van der Waals surface area contributed by atoms with Crippen LogP contribution in [0.15, 0.2) is 91.0 Å². The molecule has 0 saturated carbocycles. The Hall–Kier alpha value is -4.44. The highest BCUT2D eigenvalue weighted by atomic mass is 19.1. The largest absolute Gasteiger partial charge is 0.497 e. The highest BCUT2D eigenvalue weighted by Crippen LogP contribution is 2.60. The number of methoxy groups -OCH3 is 1. The molecule has 1 unspecified atom stereocenters. The molecule has 47 heavy (non-hydrogen) atoms. The van der Waals surface area contributed by atoms with Gasteiger partial charge in [-0.2, -0.15) is 0 Å². The topological polar surface area (TPSA) is 18.5 Å². The van der Waals surface area contributed by atoms with E-state index in [0.717, 1.165) is 69.3 Å². The van der Waals surface area contributed by atoms with Crippen LogP contribution in [0.2, 0.25) is 0 Å². The maximum Gasteiger partial charge on any atom is 0.178 e. The molecule has 0 spiro atoms. The fraction of sp³-hybridized carbons (Fsp3) is 0.302.